The molecular weight excluding hydrogens is 598 g/mol. The van der Waals surface area contributed by atoms with Crippen molar-refractivity contribution in [3.05, 3.63) is 59.7 Å². The number of nitrogens with zero attached hydrogens (tertiary/aromatic N) is 2. The van der Waals surface area contributed by atoms with Crippen LogP contribution >= 0.6 is 0 Å². The minimum atomic E-state index is -1.01. The molecule has 3 aliphatic rings. The maximum atomic E-state index is 14.5. The predicted octanol–water partition coefficient (Wildman–Crippen LogP) is 9.82. The normalized spacial score (nSPS) is 27.3. The third-order valence-corrected chi connectivity index (χ3v) is 10.1. The lowest BCUT2D eigenvalue weighted by Crippen LogP contribution is -2.42. The smallest absolute Gasteiger partial charge is 0.410 e. The van der Waals surface area contributed by atoms with Crippen molar-refractivity contribution in [1.29, 1.82) is 0 Å². The molecule has 1 saturated carbocycles. The van der Waals surface area contributed by atoms with E-state index in [-0.39, 0.29) is 37.0 Å². The lowest BCUT2D eigenvalue weighted by Gasteiger charge is -2.31. The zero-order chi connectivity index (χ0) is 34.1. The maximum Gasteiger partial charge on any atom is 0.410 e. The van der Waals surface area contributed by atoms with Gasteiger partial charge in [-0.05, 0) is 114 Å². The van der Waals surface area contributed by atoms with Gasteiger partial charge in [0.05, 0.1) is 13.1 Å². The molecule has 47 heavy (non-hydrogen) atoms. The molecule has 2 aromatic carbocycles. The Balaban J connectivity index is 1.14. The molecule has 0 bridgehead atoms. The molecule has 0 N–H and O–H groups in total. The molecule has 3 unspecified atom stereocenters. The average Bonchev–Trinajstić information content (AvgIpc) is 3.72. The third kappa shape index (κ3) is 9.05. The molecule has 0 aromatic heterocycles. The van der Waals surface area contributed by atoms with Crippen molar-refractivity contribution in [2.75, 3.05) is 13.1 Å². The minimum Gasteiger partial charge on any atom is -0.444 e. The standard InChI is InChI=1S/C39H54F2N2O4/c1-25(8-19-34-21-32(40)23-42(34)36(44)46-38(2,3)4)26-9-11-27(12-10-26)28-13-15-29(16-14-28)30-17-18-31(20-30)35-22-33(41)24-43(35)37(45)47-39(5,6)7/h9-16,25,30-35H,8,17-24H2,1-7H3/t25?,30?,31?,32-,33-,34+,35-/m0/s1. The zero-order valence-corrected chi connectivity index (χ0v) is 29.3. The fourth-order valence-corrected chi connectivity index (χ4v) is 7.70. The van der Waals surface area contributed by atoms with Crippen molar-refractivity contribution in [3.8, 4) is 11.1 Å². The SMILES string of the molecule is CC(CC[C@@H]1C[C@H](F)CN1C(=O)OC(C)(C)C)c1ccc(-c2ccc(C3CCC([C@@H]4C[C@H](F)CN4C(=O)OC(C)(C)C)C3)cc2)cc1. The quantitative estimate of drug-likeness (QED) is 0.299. The van der Waals surface area contributed by atoms with Gasteiger partial charge in [-0.15, -0.1) is 0 Å². The molecule has 5 rings (SSSR count). The fourth-order valence-electron chi connectivity index (χ4n) is 7.70. The summed E-state index contributed by atoms with van der Waals surface area (Å²) in [5, 5.41) is 0. The van der Waals surface area contributed by atoms with Crippen LogP contribution in [0.25, 0.3) is 11.1 Å². The van der Waals surface area contributed by atoms with Crippen LogP contribution in [0.15, 0.2) is 48.5 Å². The number of carbonyl (C=O) groups excluding carboxylic acids is 2. The van der Waals surface area contributed by atoms with Crippen molar-refractivity contribution >= 4 is 12.2 Å². The first-order valence-corrected chi connectivity index (χ1v) is 17.5. The summed E-state index contributed by atoms with van der Waals surface area (Å²) in [6.07, 6.45) is 2.50. The second-order valence-corrected chi connectivity index (χ2v) is 16.1. The molecule has 2 aliphatic heterocycles. The van der Waals surface area contributed by atoms with Crippen LogP contribution in [-0.4, -0.2) is 70.7 Å². The van der Waals surface area contributed by atoms with E-state index in [1.54, 1.807) is 9.80 Å². The van der Waals surface area contributed by atoms with Crippen molar-refractivity contribution in [1.82, 2.24) is 9.80 Å². The van der Waals surface area contributed by atoms with Gasteiger partial charge in [-0.3, -0.25) is 0 Å². The van der Waals surface area contributed by atoms with E-state index in [2.05, 4.69) is 55.5 Å². The Labute approximate surface area is 280 Å². The highest BCUT2D eigenvalue weighted by Crippen LogP contribution is 2.44. The number of hydrogen-bond acceptors (Lipinski definition) is 4. The molecule has 6 nitrogen and oxygen atoms in total. The molecule has 1 aliphatic carbocycles. The van der Waals surface area contributed by atoms with Gasteiger partial charge in [-0.2, -0.15) is 0 Å². The van der Waals surface area contributed by atoms with Crippen LogP contribution < -0.4 is 0 Å². The topological polar surface area (TPSA) is 59.1 Å². The molecule has 8 heteroatoms. The lowest BCUT2D eigenvalue weighted by molar-refractivity contribution is 0.0169. The summed E-state index contributed by atoms with van der Waals surface area (Å²) >= 11 is 0. The Morgan fingerprint density at radius 2 is 1.30 bits per heavy atom. The van der Waals surface area contributed by atoms with Crippen LogP contribution in [0.5, 0.6) is 0 Å². The number of hydrogen-bond donors (Lipinski definition) is 0. The number of alkyl halides is 2. The highest BCUT2D eigenvalue weighted by molar-refractivity contribution is 5.69. The summed E-state index contributed by atoms with van der Waals surface area (Å²) in [7, 11) is 0. The average molecular weight is 653 g/mol. The van der Waals surface area contributed by atoms with Gasteiger partial charge >= 0.3 is 12.2 Å². The molecular formula is C39H54F2N2O4. The largest absolute Gasteiger partial charge is 0.444 e. The van der Waals surface area contributed by atoms with E-state index >= 15 is 0 Å². The van der Waals surface area contributed by atoms with Gasteiger partial charge in [-0.25, -0.2) is 18.4 Å². The summed E-state index contributed by atoms with van der Waals surface area (Å²) < 4.78 is 39.9. The minimum absolute atomic E-state index is 0.104. The van der Waals surface area contributed by atoms with Gasteiger partial charge < -0.3 is 19.3 Å². The van der Waals surface area contributed by atoms with E-state index < -0.39 is 35.7 Å². The maximum absolute atomic E-state index is 14.5. The summed E-state index contributed by atoms with van der Waals surface area (Å²) in [6, 6.07) is 17.2. The highest BCUT2D eigenvalue weighted by atomic mass is 19.1. The van der Waals surface area contributed by atoms with Crippen LogP contribution in [0.3, 0.4) is 0 Å². The Morgan fingerprint density at radius 1 is 0.766 bits per heavy atom. The van der Waals surface area contributed by atoms with Crippen molar-refractivity contribution in [2.24, 2.45) is 5.92 Å². The monoisotopic (exact) mass is 652 g/mol. The Kier molecular flexibility index (Phi) is 10.6. The van der Waals surface area contributed by atoms with Crippen molar-refractivity contribution < 1.29 is 27.8 Å². The zero-order valence-electron chi connectivity index (χ0n) is 29.3. The molecule has 2 aromatic rings. The van der Waals surface area contributed by atoms with Crippen LogP contribution in [0.1, 0.15) is 116 Å². The number of rotatable bonds is 7. The molecule has 0 radical (unpaired) electrons. The van der Waals surface area contributed by atoms with E-state index in [0.717, 1.165) is 43.2 Å². The first kappa shape index (κ1) is 35.2. The molecule has 3 fully saturated rings. The summed E-state index contributed by atoms with van der Waals surface area (Å²) in [5.74, 6) is 0.949. The Hall–Kier alpha value is -3.16. The van der Waals surface area contributed by atoms with Crippen molar-refractivity contribution in [3.63, 3.8) is 0 Å². The first-order valence-electron chi connectivity index (χ1n) is 17.5. The van der Waals surface area contributed by atoms with Crippen LogP contribution in [0.4, 0.5) is 18.4 Å². The lowest BCUT2D eigenvalue weighted by atomic mass is 9.90. The van der Waals surface area contributed by atoms with Gasteiger partial charge in [0, 0.05) is 24.9 Å². The Bertz CT molecular complexity index is 1370. The van der Waals surface area contributed by atoms with Gasteiger partial charge in [0.2, 0.25) is 0 Å². The van der Waals surface area contributed by atoms with Crippen LogP contribution in [-0.2, 0) is 9.47 Å². The number of likely N-dealkylation sites (tertiary alicyclic amines) is 2. The molecule has 2 saturated heterocycles. The van der Waals surface area contributed by atoms with E-state index in [9.17, 15) is 18.4 Å². The number of benzene rings is 2. The second-order valence-electron chi connectivity index (χ2n) is 16.1. The molecule has 258 valence electrons. The number of halogens is 2. The van der Waals surface area contributed by atoms with Gasteiger partial charge in [0.25, 0.3) is 0 Å². The van der Waals surface area contributed by atoms with E-state index in [1.807, 2.05) is 41.5 Å². The Morgan fingerprint density at radius 3 is 1.89 bits per heavy atom. The molecule has 2 heterocycles. The van der Waals surface area contributed by atoms with E-state index in [1.165, 1.54) is 11.1 Å². The van der Waals surface area contributed by atoms with Gasteiger partial charge in [0.1, 0.15) is 23.5 Å². The van der Waals surface area contributed by atoms with Crippen LogP contribution in [0.2, 0.25) is 0 Å². The third-order valence-electron chi connectivity index (χ3n) is 10.1. The van der Waals surface area contributed by atoms with Crippen molar-refractivity contribution in [2.45, 2.75) is 141 Å². The predicted molar refractivity (Wildman–Crippen MR) is 182 cm³/mol. The summed E-state index contributed by atoms with van der Waals surface area (Å²) in [4.78, 5) is 28.7. The van der Waals surface area contributed by atoms with E-state index in [0.29, 0.717) is 18.8 Å². The van der Waals surface area contributed by atoms with E-state index in [4.69, 9.17) is 9.47 Å². The summed E-state index contributed by atoms with van der Waals surface area (Å²) in [6.45, 7) is 13.4. The molecule has 0 spiro atoms. The number of amides is 2. The van der Waals surface area contributed by atoms with Gasteiger partial charge in [0.15, 0.2) is 0 Å². The van der Waals surface area contributed by atoms with Crippen LogP contribution in [0, 0.1) is 5.92 Å². The first-order chi connectivity index (χ1) is 22.1. The molecule has 2 amide bonds. The summed E-state index contributed by atoms with van der Waals surface area (Å²) in [5.41, 5.74) is 3.62. The molecule has 7 atom stereocenters. The highest BCUT2D eigenvalue weighted by Gasteiger charge is 2.44. The number of ether oxygens (including phenoxy) is 2. The number of carbonyl (C=O) groups is 2. The van der Waals surface area contributed by atoms with Gasteiger partial charge in [-0.1, -0.05) is 55.5 Å². The second kappa shape index (κ2) is 14.1. The fraction of sp³-hybridized carbons (Fsp3) is 0.641.